The Balaban J connectivity index is 0.000000431. The van der Waals surface area contributed by atoms with Gasteiger partial charge in [0.05, 0.1) is 89.7 Å². The molecule has 792 valence electrons. The molecular weight excluding hydrogens is 2250 g/mol. The van der Waals surface area contributed by atoms with Crippen molar-refractivity contribution >= 4 is 217 Å². The predicted octanol–water partition coefficient (Wildman–Crippen LogP) is 15.4. The number of amides is 3. The first kappa shape index (κ1) is 133. The van der Waals surface area contributed by atoms with E-state index in [1.807, 2.05) is 90.9 Å². The molecule has 10 aromatic rings. The maximum absolute atomic E-state index is 11.9. The Morgan fingerprint density at radius 2 is 0.807 bits per heavy atom. The zero-order valence-electron chi connectivity index (χ0n) is 83.0. The summed E-state index contributed by atoms with van der Waals surface area (Å²) in [5.74, 6) is -8.92. The first-order valence-electron chi connectivity index (χ1n) is 45.2. The molecule has 0 radical (unpaired) electrons. The molecule has 31 nitrogen and oxygen atoms in total. The van der Waals surface area contributed by atoms with Crippen LogP contribution in [0.4, 0.5) is 4.79 Å². The number of Topliss-reactive ketones (excluding diaryl/α,β-unsaturated/α-hetero) is 2. The van der Waals surface area contributed by atoms with Crippen LogP contribution in [-0.2, 0) is 90.4 Å². The molecule has 1 aliphatic heterocycles. The zero-order chi connectivity index (χ0) is 110. The van der Waals surface area contributed by atoms with Gasteiger partial charge in [-0.1, -0.05) is 294 Å². The summed E-state index contributed by atoms with van der Waals surface area (Å²) in [7, 11) is 32.0. The monoisotopic (exact) mass is 2360 g/mol. The second kappa shape index (κ2) is 68.4. The number of hydrogen-bond acceptors (Lipinski definition) is 24. The van der Waals surface area contributed by atoms with Crippen LogP contribution in [0.15, 0.2) is 273 Å². The molecule has 6 aliphatic carbocycles. The van der Waals surface area contributed by atoms with Gasteiger partial charge in [-0.3, -0.25) is 62.9 Å². The number of nitrogens with zero attached hydrogens (tertiary/aromatic N) is 1. The van der Waals surface area contributed by atoms with Crippen molar-refractivity contribution in [2.45, 2.75) is 143 Å². The summed E-state index contributed by atoms with van der Waals surface area (Å²) in [5.41, 5.74) is 16.4. The summed E-state index contributed by atoms with van der Waals surface area (Å²) in [5, 5.41) is 66.2. The predicted molar refractivity (Wildman–Crippen MR) is 588 cm³/mol. The van der Waals surface area contributed by atoms with Crippen LogP contribution in [0.25, 0.3) is 5.57 Å². The Hall–Kier alpha value is -10.7. The fourth-order valence-electron chi connectivity index (χ4n) is 17.3. The topological polar surface area (TPSA) is 507 Å². The normalized spacial score (nSPS) is 18.1. The smallest absolute Gasteiger partial charge is 0.512 e. The van der Waals surface area contributed by atoms with E-state index in [0.717, 1.165) is 63.5 Å². The SMILES string of the molecule is C.CO.CO/C=C1\CC(C(=O)OC)c2ccccc21.COC(=O)C1CC(=O)c2ccccc21.COC(=O)C1CC(C2NC(=O)NC2=O)c2ccccc21.COC(=O)C1CC(C=O)c2ccccc21.COC=P(c1ccccc1)(c1ccccc1)c1ccccc1.C[Si](C)(C)I.NC(C(=O)O)C1CC(C(=O)O)c2ccccc21.O=C(O)CC(C(=O)O)c1ccccc1.O=C1CC(C(=O)O)c2ccccc21.O=S(Cl)Cl.[C-]#N.[Cl][Al]([Cl])[Cl].[K+]. The Kier molecular flexibility index (Phi) is 60.8. The maximum Gasteiger partial charge on any atom is 1.00 e. The first-order chi connectivity index (χ1) is 70.6. The second-order valence-corrected chi connectivity index (χ2v) is 59.5. The van der Waals surface area contributed by atoms with Gasteiger partial charge in [-0.25, -0.2) is 39.2 Å². The number of hydrogen-bond donors (Lipinski definition) is 9. The number of halogens is 6. The zero-order valence-corrected chi connectivity index (χ0v) is 95.9. The number of esters is 4. The number of methoxy groups -OCH3 is 6. The Morgan fingerprint density at radius 1 is 0.480 bits per heavy atom. The fourth-order valence-corrected chi connectivity index (χ4v) is 20.8. The van der Waals surface area contributed by atoms with Crippen molar-refractivity contribution in [3.05, 3.63) is 352 Å². The van der Waals surface area contributed by atoms with Crippen molar-refractivity contribution in [1.82, 2.24) is 10.6 Å². The number of allylic oxidation sites excluding steroid dienone is 1. The number of carbonyl (C=O) groups is 14. The van der Waals surface area contributed by atoms with E-state index in [2.05, 4.69) is 169 Å². The van der Waals surface area contributed by atoms with E-state index in [0.29, 0.717) is 47.1 Å². The Labute approximate surface area is 956 Å². The average Bonchev–Trinajstić information content (AvgIpc) is 1.42. The summed E-state index contributed by atoms with van der Waals surface area (Å²) in [6.45, 7) is 9.79. The van der Waals surface area contributed by atoms with Crippen molar-refractivity contribution in [3.63, 3.8) is 0 Å². The standard InChI is InChI=1S/C20H19OP.C14H14N2O4.C13H14O3.C12H13NO4.C12H12O3.C11H10O3.C10H10O4.C10H8O3.C3H9ISi.CN.CH4O.CH4.Al.Cl2OS.3ClH.K/c1-21-17-22(18-11-5-2-6-12-18,19-13-7-3-8-14-19)20-15-9-4-10-16-20;1-20-13(18)10-6-9(7-4-2-3-5-8(7)10)11-12(17)16-14(19)15-11;1-15-8-9-7-12(13(14)16-2)11-6-4-3-5-10(9)11;13-10(12(16)17)8-5-9(11(14)15)7-4-2-1-3-6(7)8;1-15-12(14)11-6-8(7-13)9-4-2-3-5-10(9)11;1-14-11(13)9-6-10(12)8-5-3-2-4-7(8)9;11-9(12)6-8(10(13)14)7-4-2-1-3-5-7;11-9-5-8(10(12)13)6-3-1-2-4-7(6)9;1-5(2,3)4;2*1-2;;;1-4(2)3;;;;/h2-17H,1H3;2-5,9-11H,6H2,1H3,(H2,15,16,17,19);3-6,8,12H,7H2,1-2H3;1-4,8-10H,5,13H2,(H,14,15)(H,16,17);2-5,7-8,11H,6H2,1H3;2-5,9H,6H2,1H3;1-5,8H,6H2,(H,11,12)(H,13,14);1-4,8H,5H2,(H,12,13);1-3H3;;2H,1H3;1H4;;;3*1H;/q;;;;;;;;;-1;;;+3;;;;;+1/p-3/b;;9-8+;;;;;;;;;;;;;;;. The van der Waals surface area contributed by atoms with Gasteiger partial charge in [0.15, 0.2) is 11.6 Å². The summed E-state index contributed by atoms with van der Waals surface area (Å²) in [6, 6.07) is 82.1. The van der Waals surface area contributed by atoms with Gasteiger partial charge < -0.3 is 86.7 Å². The van der Waals surface area contributed by atoms with E-state index < -0.39 is 111 Å². The van der Waals surface area contributed by atoms with E-state index in [1.165, 1.54) is 44.4 Å². The van der Waals surface area contributed by atoms with Gasteiger partial charge in [0.25, 0.3) is 5.91 Å². The molecule has 0 aromatic heterocycles. The van der Waals surface area contributed by atoms with Gasteiger partial charge in [-0.05, 0) is 115 Å². The molecule has 42 heteroatoms. The number of carbonyl (C=O) groups excluding carboxylic acids is 9. The number of urea groups is 1. The summed E-state index contributed by atoms with van der Waals surface area (Å²) in [6.07, 6.45) is 4.46. The van der Waals surface area contributed by atoms with Crippen molar-refractivity contribution < 1.29 is 182 Å². The molecule has 150 heavy (non-hydrogen) atoms. The van der Waals surface area contributed by atoms with Crippen LogP contribution < -0.4 is 83.7 Å². The number of aldehydes is 1. The number of ether oxygens (including phenoxy) is 6. The van der Waals surface area contributed by atoms with Crippen LogP contribution in [0.5, 0.6) is 0 Å². The molecule has 3 amide bonds. The van der Waals surface area contributed by atoms with Gasteiger partial charge >= 0.3 is 123 Å². The summed E-state index contributed by atoms with van der Waals surface area (Å²) in [4.78, 5) is 157. The number of rotatable bonds is 19. The molecule has 10 N–H and O–H groups in total. The number of aliphatic hydroxyl groups excluding tert-OH is 1. The molecule has 0 saturated carbocycles. The number of nitrogens with one attached hydrogen (secondary N) is 2. The van der Waals surface area contributed by atoms with Gasteiger partial charge in [0, 0.05) is 83.3 Å². The number of carboxylic acids is 5. The number of carboxylic acid groups (broad SMARTS) is 5. The number of imide groups is 1. The number of benzene rings is 10. The third-order valence-corrected chi connectivity index (χ3v) is 27.3. The molecule has 0 spiro atoms. The Bertz CT molecular complexity index is 6210. The third-order valence-electron chi connectivity index (χ3n) is 23.5. The van der Waals surface area contributed by atoms with Crippen LogP contribution in [0.2, 0.25) is 19.6 Å². The molecule has 0 bridgehead atoms. The second-order valence-electron chi connectivity index (χ2n) is 33.5. The van der Waals surface area contributed by atoms with Gasteiger partial charge in [-0.15, -0.1) is 21.8 Å². The molecule has 12 unspecified atom stereocenters. The van der Waals surface area contributed by atoms with E-state index in [-0.39, 0.29) is 155 Å². The quantitative estimate of drug-likeness (QED) is 0.00310. The minimum Gasteiger partial charge on any atom is -0.512 e. The van der Waals surface area contributed by atoms with Crippen LogP contribution >= 0.6 is 80.2 Å². The average molecular weight is 2360 g/mol. The molecule has 12 atom stereocenters. The van der Waals surface area contributed by atoms with Gasteiger partial charge in [0.1, 0.15) is 23.9 Å². The van der Waals surface area contributed by atoms with Crippen LogP contribution in [-0.4, -0.2) is 203 Å². The number of aliphatic hydroxyl groups is 1. The molecular formula is C108H117AlCl5IKN4O27PSSi. The van der Waals surface area contributed by atoms with E-state index in [4.69, 9.17) is 106 Å². The minimum atomic E-state index is -1.90. The molecule has 10 aromatic carbocycles. The minimum absolute atomic E-state index is 0. The molecule has 1 fully saturated rings. The van der Waals surface area contributed by atoms with Crippen LogP contribution in [0, 0.1) is 11.8 Å². The van der Waals surface area contributed by atoms with Gasteiger partial charge in [-0.2, -0.15) is 0 Å². The number of nitrogens with two attached hydrogens (primary N) is 1. The van der Waals surface area contributed by atoms with E-state index in [1.54, 1.807) is 111 Å². The molecule has 1 saturated heterocycles. The van der Waals surface area contributed by atoms with Crippen molar-refractivity contribution in [2.75, 3.05) is 49.8 Å². The van der Waals surface area contributed by atoms with E-state index in [9.17, 15) is 67.1 Å². The molecule has 7 aliphatic rings. The largest absolute Gasteiger partial charge is 1.00 e. The summed E-state index contributed by atoms with van der Waals surface area (Å²) < 4.78 is 38.7. The van der Waals surface area contributed by atoms with Crippen molar-refractivity contribution in [2.24, 2.45) is 5.73 Å². The van der Waals surface area contributed by atoms with E-state index >= 15 is 0 Å². The van der Waals surface area contributed by atoms with Crippen LogP contribution in [0.3, 0.4) is 0 Å². The third kappa shape index (κ3) is 39.4. The van der Waals surface area contributed by atoms with Gasteiger partial charge in [0.2, 0.25) is 9.23 Å². The summed E-state index contributed by atoms with van der Waals surface area (Å²) >= 11 is 0.794. The molecule has 1 heterocycles. The molecule has 17 rings (SSSR count). The first-order valence-corrected chi connectivity index (χ1v) is 61.7. The maximum atomic E-state index is 11.9. The van der Waals surface area contributed by atoms with Crippen LogP contribution in [0.1, 0.15) is 193 Å². The Morgan fingerprint density at radius 3 is 1.17 bits per heavy atom. The number of fused-ring (bicyclic) bond motifs is 6. The fraction of sp³-hybridized carbons (Fsp3) is 0.278. The van der Waals surface area contributed by atoms with Crippen molar-refractivity contribution in [3.8, 4) is 0 Å². The number of aliphatic carboxylic acids is 5. The van der Waals surface area contributed by atoms with Crippen molar-refractivity contribution in [1.29, 1.82) is 5.26 Å². The number of ketones is 2.